The molecule has 0 fully saturated rings. The van der Waals surface area contributed by atoms with E-state index in [1.54, 1.807) is 0 Å². The zero-order chi connectivity index (χ0) is 8.97. The van der Waals surface area contributed by atoms with Gasteiger partial charge in [0.2, 0.25) is 0 Å². The summed E-state index contributed by atoms with van der Waals surface area (Å²) in [6.45, 7) is 8.71. The van der Waals surface area contributed by atoms with Crippen LogP contribution in [0.25, 0.3) is 0 Å². The number of rotatable bonds is 3. The third-order valence-electron chi connectivity index (χ3n) is 2.22. The summed E-state index contributed by atoms with van der Waals surface area (Å²) in [5.74, 6) is 0. The van der Waals surface area contributed by atoms with Crippen LogP contribution in [0.2, 0.25) is 0 Å². The molecule has 0 N–H and O–H groups in total. The van der Waals surface area contributed by atoms with Gasteiger partial charge in [-0.25, -0.2) is 0 Å². The number of nitrogens with zero attached hydrogens (tertiary/aromatic N) is 1. The van der Waals surface area contributed by atoms with Gasteiger partial charge in [-0.1, -0.05) is 18.2 Å². The van der Waals surface area contributed by atoms with Crippen LogP contribution in [0.4, 0.5) is 5.69 Å². The Morgan fingerprint density at radius 3 is 2.15 bits per heavy atom. The number of benzene rings is 1. The maximum absolute atomic E-state index is 2.37. The first-order valence-corrected chi connectivity index (χ1v) is 4.60. The Labute approximate surface area is 94.8 Å². The molecule has 0 saturated carbocycles. The third-order valence-corrected chi connectivity index (χ3v) is 2.22. The van der Waals surface area contributed by atoms with Gasteiger partial charge in [-0.15, -0.1) is 0 Å². The van der Waals surface area contributed by atoms with E-state index in [4.69, 9.17) is 0 Å². The van der Waals surface area contributed by atoms with E-state index in [2.05, 4.69) is 49.9 Å². The van der Waals surface area contributed by atoms with E-state index < -0.39 is 0 Å². The van der Waals surface area contributed by atoms with Crippen molar-refractivity contribution < 1.29 is 20.3 Å². The Morgan fingerprint density at radius 2 is 1.69 bits per heavy atom. The summed E-state index contributed by atoms with van der Waals surface area (Å²) < 4.78 is 0. The second-order valence-corrected chi connectivity index (χ2v) is 2.96. The maximum atomic E-state index is 2.37. The molecule has 0 radical (unpaired) electrons. The molecular weight excluding hydrogens is 153 g/mol. The topological polar surface area (TPSA) is 3.24 Å². The van der Waals surface area contributed by atoms with Crippen molar-refractivity contribution in [2.45, 2.75) is 20.8 Å². The second kappa shape index (κ2) is 6.13. The number of anilines is 1. The van der Waals surface area contributed by atoms with E-state index in [-0.39, 0.29) is 20.3 Å². The van der Waals surface area contributed by atoms with Crippen LogP contribution in [-0.2, 0) is 0 Å². The summed E-state index contributed by atoms with van der Waals surface area (Å²) in [7, 11) is 0. The molecule has 0 aliphatic heterocycles. The first kappa shape index (κ1) is 12.6. The molecule has 1 nitrogen and oxygen atoms in total. The molecule has 68 valence electrons. The van der Waals surface area contributed by atoms with Gasteiger partial charge in [0.25, 0.3) is 0 Å². The van der Waals surface area contributed by atoms with Crippen molar-refractivity contribution in [1.29, 1.82) is 0 Å². The molecule has 0 amide bonds. The molecule has 0 aliphatic rings. The first-order chi connectivity index (χ1) is 5.79. The van der Waals surface area contributed by atoms with Crippen molar-refractivity contribution in [2.24, 2.45) is 0 Å². The second-order valence-electron chi connectivity index (χ2n) is 2.96. The summed E-state index contributed by atoms with van der Waals surface area (Å²) in [4.78, 5) is 2.37. The Hall–Kier alpha value is -0.383. The fraction of sp³-hybridized carbons (Fsp3) is 0.455. The molecule has 1 aromatic rings. The van der Waals surface area contributed by atoms with E-state index in [1.807, 2.05) is 0 Å². The van der Waals surface area contributed by atoms with E-state index >= 15 is 0 Å². The monoisotopic (exact) mass is 171 g/mol. The molecule has 1 rings (SSSR count). The van der Waals surface area contributed by atoms with Crippen molar-refractivity contribution in [3.05, 3.63) is 29.8 Å². The normalized spacial score (nSPS) is 9.15. The summed E-state index contributed by atoms with van der Waals surface area (Å²) in [6, 6.07) is 8.53. The zero-order valence-electron chi connectivity index (χ0n) is 10.2. The van der Waals surface area contributed by atoms with Crippen molar-refractivity contribution in [3.63, 3.8) is 0 Å². The van der Waals surface area contributed by atoms with Crippen LogP contribution in [0, 0.1) is 6.92 Å². The zero-order valence-corrected chi connectivity index (χ0v) is 9.17. The third kappa shape index (κ3) is 3.10. The van der Waals surface area contributed by atoms with Crippen LogP contribution >= 0.6 is 0 Å². The van der Waals surface area contributed by atoms with Crippen molar-refractivity contribution >= 4 is 5.69 Å². The van der Waals surface area contributed by atoms with E-state index in [0.29, 0.717) is 0 Å². The van der Waals surface area contributed by atoms with Crippen LogP contribution in [0.3, 0.4) is 0 Å². The summed E-state index contributed by atoms with van der Waals surface area (Å²) in [5.41, 5.74) is 2.73. The van der Waals surface area contributed by atoms with Gasteiger partial charge in [-0.3, -0.25) is 0 Å². The van der Waals surface area contributed by atoms with Crippen LogP contribution < -0.4 is 23.8 Å². The van der Waals surface area contributed by atoms with Crippen molar-refractivity contribution in [1.82, 2.24) is 0 Å². The molecule has 2 heteroatoms. The Morgan fingerprint density at radius 1 is 1.15 bits per heavy atom. The van der Waals surface area contributed by atoms with E-state index in [0.717, 1.165) is 13.1 Å². The largest absolute Gasteiger partial charge is 1.00 e. The Bertz CT molecular complexity index is 249. The fourth-order valence-corrected chi connectivity index (χ4v) is 1.48. The molecule has 0 spiro atoms. The minimum atomic E-state index is 0. The maximum Gasteiger partial charge on any atom is 1.00 e. The predicted octanol–water partition coefficient (Wildman–Crippen LogP) is -0.0423. The number of para-hydroxylation sites is 1. The Kier molecular flexibility index (Phi) is 5.95. The van der Waals surface area contributed by atoms with Gasteiger partial charge in [0.05, 0.1) is 0 Å². The molecule has 0 atom stereocenters. The average Bonchev–Trinajstić information content (AvgIpc) is 2.10. The van der Waals surface area contributed by atoms with Crippen LogP contribution in [0.5, 0.6) is 0 Å². The van der Waals surface area contributed by atoms with Gasteiger partial charge >= 0.3 is 18.9 Å². The van der Waals surface area contributed by atoms with Crippen LogP contribution in [0.15, 0.2) is 24.3 Å². The van der Waals surface area contributed by atoms with E-state index in [1.165, 1.54) is 11.3 Å². The van der Waals surface area contributed by atoms with Gasteiger partial charge < -0.3 is 6.33 Å². The van der Waals surface area contributed by atoms with Gasteiger partial charge in [0.15, 0.2) is 0 Å². The summed E-state index contributed by atoms with van der Waals surface area (Å²) in [6.07, 6.45) is 0. The molecule has 1 aromatic carbocycles. The molecular formula is C11H18LiN. The molecule has 0 saturated heterocycles. The molecule has 13 heavy (non-hydrogen) atoms. The standard InChI is InChI=1S/C11H17N.Li.H/c1-4-12(5-2)11-9-7-6-8-10(11)3;;/h6-9H,4-5H2,1-3H3;;/q;+1;-1. The predicted molar refractivity (Wildman–Crippen MR) is 55.9 cm³/mol. The first-order valence-electron chi connectivity index (χ1n) is 4.60. The van der Waals surface area contributed by atoms with Crippen molar-refractivity contribution in [2.75, 3.05) is 18.0 Å². The minimum Gasteiger partial charge on any atom is -1.00 e. The molecule has 0 aromatic heterocycles. The number of aryl methyl sites for hydroxylation is 1. The van der Waals surface area contributed by atoms with Crippen LogP contribution in [0.1, 0.15) is 20.8 Å². The summed E-state index contributed by atoms with van der Waals surface area (Å²) in [5, 5.41) is 0. The molecule has 0 bridgehead atoms. The number of hydrogen-bond donors (Lipinski definition) is 0. The molecule has 0 aliphatic carbocycles. The SMILES string of the molecule is CCN(CC)c1ccccc1C.[H-].[Li+]. The average molecular weight is 171 g/mol. The fourth-order valence-electron chi connectivity index (χ4n) is 1.48. The number of hydrogen-bond acceptors (Lipinski definition) is 1. The summed E-state index contributed by atoms with van der Waals surface area (Å²) >= 11 is 0. The van der Waals surface area contributed by atoms with Gasteiger partial charge in [-0.2, -0.15) is 0 Å². The van der Waals surface area contributed by atoms with Gasteiger partial charge in [0, 0.05) is 18.8 Å². The van der Waals surface area contributed by atoms with Gasteiger partial charge in [-0.05, 0) is 32.4 Å². The van der Waals surface area contributed by atoms with Crippen LogP contribution in [-0.4, -0.2) is 13.1 Å². The van der Waals surface area contributed by atoms with Gasteiger partial charge in [0.1, 0.15) is 0 Å². The molecule has 0 heterocycles. The Balaban J connectivity index is 0. The smallest absolute Gasteiger partial charge is 1.00 e. The molecule has 0 unspecified atom stereocenters. The van der Waals surface area contributed by atoms with E-state index in [9.17, 15) is 0 Å². The minimum absolute atomic E-state index is 0. The van der Waals surface area contributed by atoms with Crippen molar-refractivity contribution in [3.8, 4) is 0 Å². The quantitative estimate of drug-likeness (QED) is 0.577.